The summed E-state index contributed by atoms with van der Waals surface area (Å²) in [6.45, 7) is 2.84. The Morgan fingerprint density at radius 2 is 1.95 bits per heavy atom. The van der Waals surface area contributed by atoms with Crippen molar-refractivity contribution in [1.29, 1.82) is 0 Å². The number of ether oxygens (including phenoxy) is 2. The molecule has 0 N–H and O–H groups in total. The highest BCUT2D eigenvalue weighted by Gasteiger charge is 2.20. The predicted octanol–water partition coefficient (Wildman–Crippen LogP) is 4.16. The monoisotopic (exact) mass is 370 g/mol. The molecule has 6 heteroatoms. The molecule has 0 bridgehead atoms. The number of nitrogens with zero attached hydrogens (tertiary/aromatic N) is 2. The van der Waals surface area contributed by atoms with Gasteiger partial charge < -0.3 is 9.47 Å². The third-order valence-corrected chi connectivity index (χ3v) is 4.18. The summed E-state index contributed by atoms with van der Waals surface area (Å²) in [6, 6.07) is 9.83. The second-order valence-electron chi connectivity index (χ2n) is 4.31. The fraction of sp³-hybridized carbons (Fsp3) is 0.333. The molecule has 21 heavy (non-hydrogen) atoms. The van der Waals surface area contributed by atoms with Crippen LogP contribution in [0.3, 0.4) is 0 Å². The minimum absolute atomic E-state index is 0.350. The van der Waals surface area contributed by atoms with E-state index in [0.29, 0.717) is 34.4 Å². The zero-order valence-electron chi connectivity index (χ0n) is 11.8. The van der Waals surface area contributed by atoms with Gasteiger partial charge in [0.25, 0.3) is 0 Å². The van der Waals surface area contributed by atoms with Crippen LogP contribution >= 0.6 is 27.5 Å². The van der Waals surface area contributed by atoms with Crippen molar-refractivity contribution in [2.24, 2.45) is 0 Å². The molecule has 0 spiro atoms. The first-order chi connectivity index (χ1) is 10.2. The number of hydrogen-bond acceptors (Lipinski definition) is 4. The van der Waals surface area contributed by atoms with Gasteiger partial charge in [0.1, 0.15) is 11.3 Å². The fourth-order valence-corrected chi connectivity index (χ4v) is 2.43. The van der Waals surface area contributed by atoms with Gasteiger partial charge in [-0.2, -0.15) is 0 Å². The van der Waals surface area contributed by atoms with Crippen LogP contribution in [0.2, 0.25) is 5.15 Å². The molecule has 2 rings (SSSR count). The molecule has 4 nitrogen and oxygen atoms in total. The molecule has 0 aliphatic heterocycles. The van der Waals surface area contributed by atoms with Crippen molar-refractivity contribution in [3.63, 3.8) is 0 Å². The Morgan fingerprint density at radius 1 is 1.24 bits per heavy atom. The lowest BCUT2D eigenvalue weighted by atomic mass is 10.1. The lowest BCUT2D eigenvalue weighted by Crippen LogP contribution is -2.12. The highest BCUT2D eigenvalue weighted by atomic mass is 79.9. The molecule has 1 atom stereocenters. The van der Waals surface area contributed by atoms with Crippen molar-refractivity contribution in [2.75, 3.05) is 13.7 Å². The molecule has 0 saturated heterocycles. The molecular formula is C15H16BrClN2O2. The molecule has 1 aromatic heterocycles. The Balaban J connectivity index is 2.45. The number of methoxy groups -OCH3 is 1. The SMILES string of the molecule is CCOC(c1ccccc1)c1nc(Cl)c(Br)c(COC)n1. The maximum Gasteiger partial charge on any atom is 0.163 e. The fourth-order valence-electron chi connectivity index (χ4n) is 1.95. The van der Waals surface area contributed by atoms with Crippen LogP contribution < -0.4 is 0 Å². The average Bonchev–Trinajstić information content (AvgIpc) is 2.50. The van der Waals surface area contributed by atoms with Gasteiger partial charge in [-0.1, -0.05) is 41.9 Å². The summed E-state index contributed by atoms with van der Waals surface area (Å²) < 4.78 is 11.6. The van der Waals surface area contributed by atoms with Crippen molar-refractivity contribution < 1.29 is 9.47 Å². The first-order valence-electron chi connectivity index (χ1n) is 6.54. The summed E-state index contributed by atoms with van der Waals surface area (Å²) in [5.74, 6) is 0.531. The van der Waals surface area contributed by atoms with Gasteiger partial charge in [-0.15, -0.1) is 0 Å². The first kappa shape index (κ1) is 16.4. The zero-order chi connectivity index (χ0) is 15.2. The lowest BCUT2D eigenvalue weighted by molar-refractivity contribution is 0.0843. The molecule has 1 unspecified atom stereocenters. The maximum atomic E-state index is 6.18. The zero-order valence-corrected chi connectivity index (χ0v) is 14.2. The molecule has 0 aliphatic carbocycles. The van der Waals surface area contributed by atoms with E-state index in [1.807, 2.05) is 37.3 Å². The molecule has 0 amide bonds. The Morgan fingerprint density at radius 3 is 2.57 bits per heavy atom. The van der Waals surface area contributed by atoms with Gasteiger partial charge in [-0.05, 0) is 28.4 Å². The van der Waals surface area contributed by atoms with Crippen molar-refractivity contribution >= 4 is 27.5 Å². The normalized spacial score (nSPS) is 12.4. The van der Waals surface area contributed by atoms with Gasteiger partial charge in [0.2, 0.25) is 0 Å². The van der Waals surface area contributed by atoms with Crippen LogP contribution in [0.4, 0.5) is 0 Å². The van der Waals surface area contributed by atoms with Crippen LogP contribution in [0.15, 0.2) is 34.8 Å². The Bertz CT molecular complexity index is 596. The number of rotatable bonds is 6. The first-order valence-corrected chi connectivity index (χ1v) is 7.71. The van der Waals surface area contributed by atoms with Crippen LogP contribution in [0.5, 0.6) is 0 Å². The van der Waals surface area contributed by atoms with Crippen molar-refractivity contribution in [2.45, 2.75) is 19.6 Å². The molecule has 0 radical (unpaired) electrons. The minimum Gasteiger partial charge on any atom is -0.378 e. The van der Waals surface area contributed by atoms with Gasteiger partial charge in [0.05, 0.1) is 16.8 Å². The molecule has 112 valence electrons. The largest absolute Gasteiger partial charge is 0.378 e. The number of hydrogen-bond donors (Lipinski definition) is 0. The Labute approximate surface area is 137 Å². The standard InChI is InChI=1S/C15H16BrClN2O2/c1-3-21-13(10-7-5-4-6-8-10)15-18-11(9-20-2)12(16)14(17)19-15/h4-8,13H,3,9H2,1-2H3. The van der Waals surface area contributed by atoms with E-state index in [4.69, 9.17) is 21.1 Å². The lowest BCUT2D eigenvalue weighted by Gasteiger charge is -2.17. The average molecular weight is 372 g/mol. The van der Waals surface area contributed by atoms with E-state index in [9.17, 15) is 0 Å². The smallest absolute Gasteiger partial charge is 0.163 e. The number of aromatic nitrogens is 2. The number of halogens is 2. The Hall–Kier alpha value is -1.01. The van der Waals surface area contributed by atoms with Crippen molar-refractivity contribution in [3.8, 4) is 0 Å². The molecular weight excluding hydrogens is 356 g/mol. The van der Waals surface area contributed by atoms with Crippen molar-refractivity contribution in [1.82, 2.24) is 9.97 Å². The summed E-state index contributed by atoms with van der Waals surface area (Å²) in [5, 5.41) is 0.354. The summed E-state index contributed by atoms with van der Waals surface area (Å²) in [5.41, 5.74) is 1.69. The van der Waals surface area contributed by atoms with Gasteiger partial charge in [0.15, 0.2) is 5.82 Å². The van der Waals surface area contributed by atoms with Crippen molar-refractivity contribution in [3.05, 3.63) is 57.0 Å². The molecule has 0 fully saturated rings. The van der Waals surface area contributed by atoms with E-state index < -0.39 is 0 Å². The number of benzene rings is 1. The van der Waals surface area contributed by atoms with E-state index in [0.717, 1.165) is 5.56 Å². The minimum atomic E-state index is -0.350. The van der Waals surface area contributed by atoms with E-state index in [2.05, 4.69) is 25.9 Å². The van der Waals surface area contributed by atoms with Gasteiger partial charge >= 0.3 is 0 Å². The third-order valence-electron chi connectivity index (χ3n) is 2.85. The second kappa shape index (κ2) is 7.84. The van der Waals surface area contributed by atoms with E-state index >= 15 is 0 Å². The third kappa shape index (κ3) is 4.01. The van der Waals surface area contributed by atoms with Crippen LogP contribution in [0.25, 0.3) is 0 Å². The highest BCUT2D eigenvalue weighted by Crippen LogP contribution is 2.29. The highest BCUT2D eigenvalue weighted by molar-refractivity contribution is 9.10. The Kier molecular flexibility index (Phi) is 6.11. The summed E-state index contributed by atoms with van der Waals surface area (Å²) in [4.78, 5) is 8.86. The molecule has 2 aromatic rings. The van der Waals surface area contributed by atoms with E-state index in [1.165, 1.54) is 0 Å². The van der Waals surface area contributed by atoms with Crippen LogP contribution in [-0.2, 0) is 16.1 Å². The quantitative estimate of drug-likeness (QED) is 0.715. The van der Waals surface area contributed by atoms with Gasteiger partial charge in [-0.25, -0.2) is 9.97 Å². The van der Waals surface area contributed by atoms with Crippen LogP contribution in [0, 0.1) is 0 Å². The van der Waals surface area contributed by atoms with E-state index in [-0.39, 0.29) is 6.10 Å². The van der Waals surface area contributed by atoms with E-state index in [1.54, 1.807) is 7.11 Å². The maximum absolute atomic E-state index is 6.18. The predicted molar refractivity (Wildman–Crippen MR) is 85.4 cm³/mol. The molecule has 0 saturated carbocycles. The molecule has 0 aliphatic rings. The summed E-state index contributed by atoms with van der Waals surface area (Å²) in [6.07, 6.45) is -0.350. The van der Waals surface area contributed by atoms with Gasteiger partial charge in [-0.3, -0.25) is 0 Å². The van der Waals surface area contributed by atoms with Crippen LogP contribution in [0.1, 0.15) is 30.1 Å². The second-order valence-corrected chi connectivity index (χ2v) is 5.46. The molecule has 1 aromatic carbocycles. The topological polar surface area (TPSA) is 44.2 Å². The van der Waals surface area contributed by atoms with Gasteiger partial charge in [0, 0.05) is 13.7 Å². The molecule has 1 heterocycles. The van der Waals surface area contributed by atoms with Crippen LogP contribution in [-0.4, -0.2) is 23.7 Å². The summed E-state index contributed by atoms with van der Waals surface area (Å²) >= 11 is 9.56. The summed E-state index contributed by atoms with van der Waals surface area (Å²) in [7, 11) is 1.61.